The highest BCUT2D eigenvalue weighted by Gasteiger charge is 2.30. The molecular weight excluding hydrogens is 172 g/mol. The van der Waals surface area contributed by atoms with Gasteiger partial charge in [0.1, 0.15) is 0 Å². The van der Waals surface area contributed by atoms with Crippen molar-refractivity contribution in [2.45, 2.75) is 32.7 Å². The minimum absolute atomic E-state index is 0.0631. The molecule has 4 heteroatoms. The Labute approximate surface area is 77.9 Å². The van der Waals surface area contributed by atoms with Crippen LogP contribution in [0.25, 0.3) is 0 Å². The zero-order valence-corrected chi connectivity index (χ0v) is 8.20. The Bertz CT molecular complexity index is 205. The smallest absolute Gasteiger partial charge is 0.231 e. The predicted octanol–water partition coefficient (Wildman–Crippen LogP) is 0.795. The molecule has 1 rings (SSSR count). The lowest BCUT2D eigenvalue weighted by atomic mass is 9.93. The summed E-state index contributed by atoms with van der Waals surface area (Å²) in [5.41, 5.74) is 0. The van der Waals surface area contributed by atoms with Crippen molar-refractivity contribution in [1.29, 1.82) is 0 Å². The summed E-state index contributed by atoms with van der Waals surface area (Å²) in [7, 11) is 0. The van der Waals surface area contributed by atoms with E-state index < -0.39 is 0 Å². The summed E-state index contributed by atoms with van der Waals surface area (Å²) in [4.78, 5) is 11.4. The minimum Gasteiger partial charge on any atom is -0.359 e. The van der Waals surface area contributed by atoms with Crippen LogP contribution in [0.5, 0.6) is 0 Å². The molecule has 0 spiro atoms. The highest BCUT2D eigenvalue weighted by molar-refractivity contribution is 7.80. The SMILES string of the molecule is CCC1NC(=S)NC(=O)C1CC. The lowest BCUT2D eigenvalue weighted by Crippen LogP contribution is -2.57. The van der Waals surface area contributed by atoms with Gasteiger partial charge in [-0.05, 0) is 25.1 Å². The van der Waals surface area contributed by atoms with Crippen molar-refractivity contribution in [1.82, 2.24) is 10.6 Å². The van der Waals surface area contributed by atoms with E-state index in [-0.39, 0.29) is 17.9 Å². The van der Waals surface area contributed by atoms with Crippen molar-refractivity contribution in [3.63, 3.8) is 0 Å². The van der Waals surface area contributed by atoms with Gasteiger partial charge in [0, 0.05) is 6.04 Å². The van der Waals surface area contributed by atoms with E-state index >= 15 is 0 Å². The zero-order valence-electron chi connectivity index (χ0n) is 7.39. The van der Waals surface area contributed by atoms with Crippen LogP contribution in [0.4, 0.5) is 0 Å². The number of carbonyl (C=O) groups is 1. The molecule has 0 aromatic carbocycles. The molecule has 2 N–H and O–H groups in total. The third-order valence-corrected chi connectivity index (χ3v) is 2.48. The van der Waals surface area contributed by atoms with E-state index in [4.69, 9.17) is 12.2 Å². The molecule has 1 saturated heterocycles. The molecule has 0 aromatic rings. The molecule has 0 bridgehead atoms. The van der Waals surface area contributed by atoms with Gasteiger partial charge >= 0.3 is 0 Å². The summed E-state index contributed by atoms with van der Waals surface area (Å²) in [5.74, 6) is 0.134. The molecular formula is C8H14N2OS. The van der Waals surface area contributed by atoms with Crippen molar-refractivity contribution in [2.24, 2.45) is 5.92 Å². The second kappa shape index (κ2) is 3.85. The van der Waals surface area contributed by atoms with Gasteiger partial charge in [0.15, 0.2) is 5.11 Å². The molecule has 2 atom stereocenters. The number of nitrogens with one attached hydrogen (secondary N) is 2. The van der Waals surface area contributed by atoms with Crippen molar-refractivity contribution in [3.05, 3.63) is 0 Å². The first-order valence-electron chi connectivity index (χ1n) is 4.30. The van der Waals surface area contributed by atoms with E-state index in [9.17, 15) is 4.79 Å². The van der Waals surface area contributed by atoms with Gasteiger partial charge in [-0.15, -0.1) is 0 Å². The Balaban J connectivity index is 2.69. The Morgan fingerprint density at radius 2 is 2.08 bits per heavy atom. The highest BCUT2D eigenvalue weighted by Crippen LogP contribution is 2.14. The minimum atomic E-state index is 0.0631. The van der Waals surface area contributed by atoms with Crippen LogP contribution in [0.2, 0.25) is 0 Å². The van der Waals surface area contributed by atoms with E-state index in [0.717, 1.165) is 12.8 Å². The average molecular weight is 186 g/mol. The van der Waals surface area contributed by atoms with Gasteiger partial charge in [0.05, 0.1) is 5.92 Å². The van der Waals surface area contributed by atoms with Gasteiger partial charge in [0.25, 0.3) is 0 Å². The molecule has 1 fully saturated rings. The predicted molar refractivity (Wildman–Crippen MR) is 51.7 cm³/mol. The number of thiocarbonyl (C=S) groups is 1. The lowest BCUT2D eigenvalue weighted by Gasteiger charge is -2.31. The average Bonchev–Trinajstić information content (AvgIpc) is 2.03. The van der Waals surface area contributed by atoms with Crippen LogP contribution in [0.1, 0.15) is 26.7 Å². The molecule has 0 aromatic heterocycles. The molecule has 1 aliphatic rings. The summed E-state index contributed by atoms with van der Waals surface area (Å²) in [6.07, 6.45) is 1.80. The van der Waals surface area contributed by atoms with E-state index in [1.165, 1.54) is 0 Å². The van der Waals surface area contributed by atoms with Crippen molar-refractivity contribution >= 4 is 23.2 Å². The topological polar surface area (TPSA) is 41.1 Å². The van der Waals surface area contributed by atoms with Crippen molar-refractivity contribution < 1.29 is 4.79 Å². The first kappa shape index (κ1) is 9.45. The Morgan fingerprint density at radius 3 is 2.58 bits per heavy atom. The van der Waals surface area contributed by atoms with Gasteiger partial charge in [-0.1, -0.05) is 13.8 Å². The largest absolute Gasteiger partial charge is 0.359 e. The Hall–Kier alpha value is -0.640. The van der Waals surface area contributed by atoms with Crippen LogP contribution in [-0.4, -0.2) is 17.1 Å². The quantitative estimate of drug-likeness (QED) is 0.627. The standard InChI is InChI=1S/C8H14N2OS/c1-3-5-6(4-2)9-8(12)10-7(5)11/h5-6H,3-4H2,1-2H3,(H2,9,10,11,12). The van der Waals surface area contributed by atoms with Crippen LogP contribution in [-0.2, 0) is 4.79 Å². The summed E-state index contributed by atoms with van der Waals surface area (Å²) >= 11 is 4.88. The van der Waals surface area contributed by atoms with Gasteiger partial charge < -0.3 is 10.6 Å². The van der Waals surface area contributed by atoms with Gasteiger partial charge in [-0.25, -0.2) is 0 Å². The van der Waals surface area contributed by atoms with Crippen LogP contribution < -0.4 is 10.6 Å². The molecule has 3 nitrogen and oxygen atoms in total. The number of hydrogen-bond donors (Lipinski definition) is 2. The molecule has 68 valence electrons. The van der Waals surface area contributed by atoms with E-state index in [0.29, 0.717) is 5.11 Å². The number of amides is 1. The first-order valence-corrected chi connectivity index (χ1v) is 4.71. The van der Waals surface area contributed by atoms with Gasteiger partial charge in [0.2, 0.25) is 5.91 Å². The molecule has 0 radical (unpaired) electrons. The second-order valence-corrected chi connectivity index (χ2v) is 3.40. The molecule has 1 amide bonds. The van der Waals surface area contributed by atoms with Crippen molar-refractivity contribution in [2.75, 3.05) is 0 Å². The summed E-state index contributed by atoms with van der Waals surface area (Å²) in [6.45, 7) is 4.07. The summed E-state index contributed by atoms with van der Waals surface area (Å²) in [6, 6.07) is 0.219. The Morgan fingerprint density at radius 1 is 1.42 bits per heavy atom. The number of hydrogen-bond acceptors (Lipinski definition) is 2. The molecule has 2 unspecified atom stereocenters. The fourth-order valence-electron chi connectivity index (χ4n) is 1.55. The number of rotatable bonds is 2. The van der Waals surface area contributed by atoms with E-state index in [1.807, 2.05) is 6.92 Å². The maximum Gasteiger partial charge on any atom is 0.231 e. The molecule has 1 heterocycles. The first-order chi connectivity index (χ1) is 5.69. The highest BCUT2D eigenvalue weighted by atomic mass is 32.1. The second-order valence-electron chi connectivity index (χ2n) is 2.99. The van der Waals surface area contributed by atoms with Crippen LogP contribution >= 0.6 is 12.2 Å². The van der Waals surface area contributed by atoms with E-state index in [2.05, 4.69) is 17.6 Å². The zero-order chi connectivity index (χ0) is 9.14. The molecule has 12 heavy (non-hydrogen) atoms. The molecule has 1 aliphatic heterocycles. The third kappa shape index (κ3) is 1.75. The summed E-state index contributed by atoms with van der Waals surface area (Å²) < 4.78 is 0. The fraction of sp³-hybridized carbons (Fsp3) is 0.750. The Kier molecular flexibility index (Phi) is 3.03. The normalized spacial score (nSPS) is 29.5. The maximum absolute atomic E-state index is 11.4. The molecule has 0 aliphatic carbocycles. The maximum atomic E-state index is 11.4. The lowest BCUT2D eigenvalue weighted by molar-refractivity contribution is -0.125. The van der Waals surface area contributed by atoms with Crippen LogP contribution in [0.15, 0.2) is 0 Å². The molecule has 0 saturated carbocycles. The number of carbonyl (C=O) groups excluding carboxylic acids is 1. The van der Waals surface area contributed by atoms with Gasteiger partial charge in [-0.2, -0.15) is 0 Å². The third-order valence-electron chi connectivity index (χ3n) is 2.26. The van der Waals surface area contributed by atoms with E-state index in [1.54, 1.807) is 0 Å². The fourth-order valence-corrected chi connectivity index (χ4v) is 1.80. The van der Waals surface area contributed by atoms with Crippen molar-refractivity contribution in [3.8, 4) is 0 Å². The monoisotopic (exact) mass is 186 g/mol. The van der Waals surface area contributed by atoms with Crippen LogP contribution in [0.3, 0.4) is 0 Å². The summed E-state index contributed by atoms with van der Waals surface area (Å²) in [5, 5.41) is 6.19. The van der Waals surface area contributed by atoms with Crippen LogP contribution in [0, 0.1) is 5.92 Å². The van der Waals surface area contributed by atoms with Gasteiger partial charge in [-0.3, -0.25) is 4.79 Å².